The molecule has 0 atom stereocenters. The van der Waals surface area contributed by atoms with Gasteiger partial charge in [-0.3, -0.25) is 0 Å². The van der Waals surface area contributed by atoms with Gasteiger partial charge in [-0.05, 0) is 12.1 Å². The van der Waals surface area contributed by atoms with Crippen LogP contribution in [-0.4, -0.2) is 38.5 Å². The van der Waals surface area contributed by atoms with Crippen molar-refractivity contribution in [1.29, 1.82) is 0 Å². The molecule has 0 aliphatic rings. The highest BCUT2D eigenvalue weighted by Crippen LogP contribution is 2.12. The molecular formula is C10H14FNO3. The summed E-state index contributed by atoms with van der Waals surface area (Å²) < 4.78 is 28.0. The predicted octanol–water partition coefficient (Wildman–Crippen LogP) is 1.26. The van der Waals surface area contributed by atoms with E-state index >= 15 is 0 Å². The van der Waals surface area contributed by atoms with Gasteiger partial charge in [0.05, 0.1) is 19.8 Å². The Bertz CT molecular complexity index is 283. The normalized spacial score (nSPS) is 10.3. The molecule has 0 radical (unpaired) electrons. The number of hydrogen-bond acceptors (Lipinski definition) is 4. The van der Waals surface area contributed by atoms with Crippen molar-refractivity contribution in [3.63, 3.8) is 0 Å². The number of rotatable bonds is 7. The standard InChI is InChI=1S/C10H14FNO3/c1-13-5-6-14-7-8-15-9-3-2-4-12-10(9)11/h2-4H,5-8H2,1H3. The summed E-state index contributed by atoms with van der Waals surface area (Å²) in [7, 11) is 1.60. The van der Waals surface area contributed by atoms with Gasteiger partial charge in [0.15, 0.2) is 5.75 Å². The third-order valence-corrected chi connectivity index (χ3v) is 1.64. The van der Waals surface area contributed by atoms with Crippen LogP contribution in [0, 0.1) is 5.95 Å². The summed E-state index contributed by atoms with van der Waals surface area (Å²) in [4.78, 5) is 3.45. The zero-order valence-electron chi connectivity index (χ0n) is 8.61. The SMILES string of the molecule is COCCOCCOc1cccnc1F. The van der Waals surface area contributed by atoms with Gasteiger partial charge in [0.25, 0.3) is 5.95 Å². The van der Waals surface area contributed by atoms with Crippen LogP contribution in [0.25, 0.3) is 0 Å². The minimum Gasteiger partial charge on any atom is -0.486 e. The Balaban J connectivity index is 2.12. The molecule has 0 spiro atoms. The molecule has 0 amide bonds. The Hall–Kier alpha value is -1.20. The lowest BCUT2D eigenvalue weighted by molar-refractivity contribution is 0.0536. The fraction of sp³-hybridized carbons (Fsp3) is 0.500. The van der Waals surface area contributed by atoms with Gasteiger partial charge < -0.3 is 14.2 Å². The molecule has 0 aliphatic heterocycles. The second-order valence-electron chi connectivity index (χ2n) is 2.75. The monoisotopic (exact) mass is 215 g/mol. The van der Waals surface area contributed by atoms with Crippen molar-refractivity contribution in [2.45, 2.75) is 0 Å². The topological polar surface area (TPSA) is 40.6 Å². The number of methoxy groups -OCH3 is 1. The van der Waals surface area contributed by atoms with Gasteiger partial charge in [-0.25, -0.2) is 4.98 Å². The summed E-state index contributed by atoms with van der Waals surface area (Å²) in [5, 5.41) is 0. The molecule has 0 saturated carbocycles. The molecule has 1 aromatic rings. The Morgan fingerprint density at radius 3 is 2.80 bits per heavy atom. The van der Waals surface area contributed by atoms with Crippen molar-refractivity contribution < 1.29 is 18.6 Å². The number of aromatic nitrogens is 1. The van der Waals surface area contributed by atoms with Gasteiger partial charge >= 0.3 is 0 Å². The second-order valence-corrected chi connectivity index (χ2v) is 2.75. The molecular weight excluding hydrogens is 201 g/mol. The highest BCUT2D eigenvalue weighted by atomic mass is 19.1. The third kappa shape index (κ3) is 4.71. The zero-order chi connectivity index (χ0) is 10.9. The van der Waals surface area contributed by atoms with Crippen molar-refractivity contribution in [1.82, 2.24) is 4.98 Å². The minimum absolute atomic E-state index is 0.146. The molecule has 1 rings (SSSR count). The smallest absolute Gasteiger partial charge is 0.255 e. The summed E-state index contributed by atoms with van der Waals surface area (Å²) in [6.45, 7) is 1.75. The molecule has 0 aromatic carbocycles. The highest BCUT2D eigenvalue weighted by molar-refractivity contribution is 5.17. The van der Waals surface area contributed by atoms with E-state index in [0.717, 1.165) is 0 Å². The van der Waals surface area contributed by atoms with Gasteiger partial charge in [-0.1, -0.05) is 0 Å². The van der Waals surface area contributed by atoms with Crippen molar-refractivity contribution in [2.75, 3.05) is 33.5 Å². The van der Waals surface area contributed by atoms with Gasteiger partial charge in [0.1, 0.15) is 6.61 Å². The van der Waals surface area contributed by atoms with E-state index < -0.39 is 5.95 Å². The molecule has 0 bridgehead atoms. The molecule has 4 nitrogen and oxygen atoms in total. The maximum atomic E-state index is 12.9. The maximum Gasteiger partial charge on any atom is 0.255 e. The Kier molecular flexibility index (Phi) is 5.65. The first-order valence-electron chi connectivity index (χ1n) is 4.64. The summed E-state index contributed by atoms with van der Waals surface area (Å²) >= 11 is 0. The average Bonchev–Trinajstić information content (AvgIpc) is 2.25. The van der Waals surface area contributed by atoms with Gasteiger partial charge in [0, 0.05) is 13.3 Å². The lowest BCUT2D eigenvalue weighted by Gasteiger charge is -2.06. The Morgan fingerprint density at radius 1 is 1.27 bits per heavy atom. The molecule has 15 heavy (non-hydrogen) atoms. The van der Waals surface area contributed by atoms with Crippen LogP contribution in [0.2, 0.25) is 0 Å². The van der Waals surface area contributed by atoms with Crippen LogP contribution in [0.4, 0.5) is 4.39 Å². The van der Waals surface area contributed by atoms with E-state index in [0.29, 0.717) is 26.4 Å². The third-order valence-electron chi connectivity index (χ3n) is 1.64. The van der Waals surface area contributed by atoms with E-state index in [2.05, 4.69) is 4.98 Å². The molecule has 0 aliphatic carbocycles. The summed E-state index contributed by atoms with van der Waals surface area (Å²) in [6, 6.07) is 3.14. The maximum absolute atomic E-state index is 12.9. The molecule has 0 saturated heterocycles. The van der Waals surface area contributed by atoms with E-state index in [1.807, 2.05) is 0 Å². The van der Waals surface area contributed by atoms with E-state index in [1.165, 1.54) is 12.3 Å². The van der Waals surface area contributed by atoms with Crippen LogP contribution in [0.15, 0.2) is 18.3 Å². The van der Waals surface area contributed by atoms with Crippen molar-refractivity contribution in [3.05, 3.63) is 24.3 Å². The lowest BCUT2D eigenvalue weighted by Crippen LogP contribution is -2.10. The van der Waals surface area contributed by atoms with Crippen molar-refractivity contribution >= 4 is 0 Å². The predicted molar refractivity (Wildman–Crippen MR) is 52.4 cm³/mol. The van der Waals surface area contributed by atoms with E-state index in [9.17, 15) is 4.39 Å². The molecule has 0 fully saturated rings. The molecule has 5 heteroatoms. The number of halogens is 1. The van der Waals surface area contributed by atoms with Crippen LogP contribution in [0.1, 0.15) is 0 Å². The first-order valence-corrected chi connectivity index (χ1v) is 4.64. The lowest BCUT2D eigenvalue weighted by atomic mass is 10.4. The van der Waals surface area contributed by atoms with Gasteiger partial charge in [0.2, 0.25) is 0 Å². The number of ether oxygens (including phenoxy) is 3. The van der Waals surface area contributed by atoms with Crippen molar-refractivity contribution in [2.24, 2.45) is 0 Å². The van der Waals surface area contributed by atoms with Crippen LogP contribution < -0.4 is 4.74 Å². The fourth-order valence-corrected chi connectivity index (χ4v) is 0.934. The number of nitrogens with zero attached hydrogens (tertiary/aromatic N) is 1. The number of pyridine rings is 1. The van der Waals surface area contributed by atoms with E-state index in [4.69, 9.17) is 14.2 Å². The van der Waals surface area contributed by atoms with Crippen LogP contribution >= 0.6 is 0 Å². The Morgan fingerprint density at radius 2 is 2.07 bits per heavy atom. The fourth-order valence-electron chi connectivity index (χ4n) is 0.934. The molecule has 1 aromatic heterocycles. The van der Waals surface area contributed by atoms with Crippen molar-refractivity contribution in [3.8, 4) is 5.75 Å². The molecule has 84 valence electrons. The zero-order valence-corrected chi connectivity index (χ0v) is 8.61. The average molecular weight is 215 g/mol. The first-order chi connectivity index (χ1) is 7.34. The van der Waals surface area contributed by atoms with Crippen LogP contribution in [0.5, 0.6) is 5.75 Å². The van der Waals surface area contributed by atoms with Crippen LogP contribution in [-0.2, 0) is 9.47 Å². The molecule has 0 unspecified atom stereocenters. The molecule has 1 heterocycles. The summed E-state index contributed by atoms with van der Waals surface area (Å²) in [5.41, 5.74) is 0. The number of hydrogen-bond donors (Lipinski definition) is 0. The van der Waals surface area contributed by atoms with Gasteiger partial charge in [-0.2, -0.15) is 4.39 Å². The highest BCUT2D eigenvalue weighted by Gasteiger charge is 2.01. The van der Waals surface area contributed by atoms with Gasteiger partial charge in [-0.15, -0.1) is 0 Å². The second kappa shape index (κ2) is 7.14. The molecule has 0 N–H and O–H groups in total. The largest absolute Gasteiger partial charge is 0.486 e. The first kappa shape index (κ1) is 11.9. The van der Waals surface area contributed by atoms with E-state index in [1.54, 1.807) is 13.2 Å². The summed E-state index contributed by atoms with van der Waals surface area (Å²) in [6.07, 6.45) is 1.37. The van der Waals surface area contributed by atoms with Crippen LogP contribution in [0.3, 0.4) is 0 Å². The van der Waals surface area contributed by atoms with E-state index in [-0.39, 0.29) is 5.75 Å². The minimum atomic E-state index is -0.602. The summed E-state index contributed by atoms with van der Waals surface area (Å²) in [5.74, 6) is -0.456. The quantitative estimate of drug-likeness (QED) is 0.507. The Labute approximate surface area is 88.0 Å².